The molecule has 1 unspecified atom stereocenters. The molecule has 0 bridgehead atoms. The maximum atomic E-state index is 13.4. The number of morpholine rings is 1. The number of carbonyl (C=O) groups excluding carboxylic acids is 3. The number of rotatable bonds is 7. The van der Waals surface area contributed by atoms with Crippen molar-refractivity contribution >= 4 is 57.6 Å². The van der Waals surface area contributed by atoms with E-state index in [1.807, 2.05) is 12.1 Å². The van der Waals surface area contributed by atoms with Crippen LogP contribution in [-0.4, -0.2) is 73.0 Å². The lowest BCUT2D eigenvalue weighted by Crippen LogP contribution is -2.50. The van der Waals surface area contributed by atoms with Gasteiger partial charge in [-0.05, 0) is 64.6 Å². The average Bonchev–Trinajstić information content (AvgIpc) is 3.10. The number of hydrogen-bond acceptors (Lipinski definition) is 5. The molecule has 0 N–H and O–H groups in total. The number of hydrogen-bond donors (Lipinski definition) is 0. The Morgan fingerprint density at radius 2 is 1.73 bits per heavy atom. The van der Waals surface area contributed by atoms with Crippen LogP contribution in [0.5, 0.6) is 0 Å². The molecule has 33 heavy (non-hydrogen) atoms. The van der Waals surface area contributed by atoms with E-state index in [1.165, 1.54) is 4.90 Å². The third kappa shape index (κ3) is 5.92. The monoisotopic (exact) mass is 581 g/mol. The summed E-state index contributed by atoms with van der Waals surface area (Å²) in [4.78, 5) is 44.5. The lowest BCUT2D eigenvalue weighted by molar-refractivity contribution is -0.138. The molecule has 0 spiro atoms. The number of anilines is 1. The first kappa shape index (κ1) is 24.1. The van der Waals surface area contributed by atoms with Gasteiger partial charge in [0.15, 0.2) is 0 Å². The number of imide groups is 1. The number of nitrogens with zero attached hydrogens (tertiary/aromatic N) is 3. The second-order valence-corrected chi connectivity index (χ2v) is 9.79. The summed E-state index contributed by atoms with van der Waals surface area (Å²) in [5.74, 6) is -0.823. The number of benzene rings is 2. The van der Waals surface area contributed by atoms with Gasteiger partial charge >= 0.3 is 0 Å². The summed E-state index contributed by atoms with van der Waals surface area (Å²) in [7, 11) is 0. The Morgan fingerprint density at radius 3 is 2.39 bits per heavy atom. The molecule has 174 valence electrons. The maximum absolute atomic E-state index is 13.4. The molecule has 4 rings (SSSR count). The zero-order valence-corrected chi connectivity index (χ0v) is 21.0. The van der Waals surface area contributed by atoms with Gasteiger partial charge in [-0.1, -0.05) is 23.7 Å². The van der Waals surface area contributed by atoms with Gasteiger partial charge in [-0.3, -0.25) is 19.3 Å². The van der Waals surface area contributed by atoms with Crippen molar-refractivity contribution in [2.45, 2.75) is 18.9 Å². The van der Waals surface area contributed by atoms with Gasteiger partial charge in [0.1, 0.15) is 6.04 Å². The van der Waals surface area contributed by atoms with Crippen LogP contribution in [0.4, 0.5) is 5.69 Å². The van der Waals surface area contributed by atoms with Crippen LogP contribution in [0.3, 0.4) is 0 Å². The third-order valence-corrected chi connectivity index (χ3v) is 6.90. The quantitative estimate of drug-likeness (QED) is 0.372. The van der Waals surface area contributed by atoms with Crippen molar-refractivity contribution in [3.63, 3.8) is 0 Å². The van der Waals surface area contributed by atoms with Gasteiger partial charge < -0.3 is 9.64 Å². The van der Waals surface area contributed by atoms with Crippen molar-refractivity contribution in [3.8, 4) is 0 Å². The lowest BCUT2D eigenvalue weighted by Gasteiger charge is -2.32. The van der Waals surface area contributed by atoms with Crippen molar-refractivity contribution in [1.82, 2.24) is 9.80 Å². The van der Waals surface area contributed by atoms with Crippen molar-refractivity contribution < 1.29 is 19.1 Å². The van der Waals surface area contributed by atoms with Gasteiger partial charge in [0.25, 0.3) is 5.91 Å². The summed E-state index contributed by atoms with van der Waals surface area (Å²) in [6.07, 6.45) is 0.127. The molecule has 2 fully saturated rings. The molecule has 7 nitrogen and oxygen atoms in total. The Morgan fingerprint density at radius 1 is 1.06 bits per heavy atom. The summed E-state index contributed by atoms with van der Waals surface area (Å²) in [5.41, 5.74) is 1.35. The summed E-state index contributed by atoms with van der Waals surface area (Å²) in [5, 5.41) is 0.597. The van der Waals surface area contributed by atoms with E-state index in [9.17, 15) is 14.4 Å². The molecule has 0 aliphatic carbocycles. The summed E-state index contributed by atoms with van der Waals surface area (Å²) in [6.45, 7) is 3.87. The number of carbonyl (C=O) groups is 3. The molecule has 3 amide bonds. The van der Waals surface area contributed by atoms with E-state index in [0.29, 0.717) is 37.0 Å². The molecular weight excluding hydrogens is 557 g/mol. The van der Waals surface area contributed by atoms with Crippen LogP contribution in [0, 0.1) is 3.57 Å². The van der Waals surface area contributed by atoms with Gasteiger partial charge in [-0.15, -0.1) is 0 Å². The summed E-state index contributed by atoms with van der Waals surface area (Å²) in [6, 6.07) is 13.5. The Bertz CT molecular complexity index is 1010. The second kappa shape index (κ2) is 10.9. The van der Waals surface area contributed by atoms with Crippen LogP contribution < -0.4 is 4.90 Å². The summed E-state index contributed by atoms with van der Waals surface area (Å²) >= 11 is 8.15. The van der Waals surface area contributed by atoms with Crippen molar-refractivity contribution in [2.24, 2.45) is 0 Å². The highest BCUT2D eigenvalue weighted by Gasteiger charge is 2.44. The van der Waals surface area contributed by atoms with E-state index in [0.717, 1.165) is 22.2 Å². The van der Waals surface area contributed by atoms with Crippen LogP contribution in [0.2, 0.25) is 5.02 Å². The molecule has 2 aromatic rings. The van der Waals surface area contributed by atoms with Gasteiger partial charge in [0.05, 0.1) is 31.7 Å². The zero-order chi connectivity index (χ0) is 23.4. The Balaban J connectivity index is 1.53. The van der Waals surface area contributed by atoms with E-state index in [-0.39, 0.29) is 30.6 Å². The number of halogens is 2. The first-order valence-electron chi connectivity index (χ1n) is 10.9. The van der Waals surface area contributed by atoms with E-state index < -0.39 is 6.04 Å². The van der Waals surface area contributed by atoms with E-state index in [1.54, 1.807) is 41.3 Å². The highest BCUT2D eigenvalue weighted by Crippen LogP contribution is 2.27. The molecule has 0 aromatic heterocycles. The SMILES string of the molecule is O=C1CC(N(CCN2CCOCC2)C(=O)Cc2ccc(Cl)cc2)C(=O)N1c1ccc(I)cc1. The predicted molar refractivity (Wildman–Crippen MR) is 134 cm³/mol. The van der Waals surface area contributed by atoms with Crippen LogP contribution in [0.25, 0.3) is 0 Å². The lowest BCUT2D eigenvalue weighted by atomic mass is 10.1. The molecule has 2 heterocycles. The molecule has 2 aliphatic rings. The van der Waals surface area contributed by atoms with Crippen LogP contribution in [0.1, 0.15) is 12.0 Å². The molecule has 2 saturated heterocycles. The average molecular weight is 582 g/mol. The number of amides is 3. The molecule has 1 atom stereocenters. The third-order valence-electron chi connectivity index (χ3n) is 5.93. The standard InChI is InChI=1S/C24H25ClIN3O4/c25-18-3-1-17(2-4-18)15-22(30)28(10-9-27-11-13-33-14-12-27)21-16-23(31)29(24(21)32)20-7-5-19(26)6-8-20/h1-8,21H,9-16H2. The fourth-order valence-corrected chi connectivity index (χ4v) is 4.61. The first-order chi connectivity index (χ1) is 15.9. The van der Waals surface area contributed by atoms with E-state index in [4.69, 9.17) is 16.3 Å². The van der Waals surface area contributed by atoms with E-state index in [2.05, 4.69) is 27.5 Å². The van der Waals surface area contributed by atoms with Crippen LogP contribution >= 0.6 is 34.2 Å². The van der Waals surface area contributed by atoms with E-state index >= 15 is 0 Å². The molecule has 0 radical (unpaired) electrons. The number of ether oxygens (including phenoxy) is 1. The summed E-state index contributed by atoms with van der Waals surface area (Å²) < 4.78 is 6.42. The minimum Gasteiger partial charge on any atom is -0.379 e. The zero-order valence-electron chi connectivity index (χ0n) is 18.1. The van der Waals surface area contributed by atoms with Gasteiger partial charge in [-0.25, -0.2) is 4.90 Å². The Kier molecular flexibility index (Phi) is 8.00. The highest BCUT2D eigenvalue weighted by atomic mass is 127. The van der Waals surface area contributed by atoms with Gasteiger partial charge in [0.2, 0.25) is 11.8 Å². The molecular formula is C24H25ClIN3O4. The fraction of sp³-hybridized carbons (Fsp3) is 0.375. The maximum Gasteiger partial charge on any atom is 0.257 e. The Labute approximate surface area is 211 Å². The van der Waals surface area contributed by atoms with Gasteiger partial charge in [-0.2, -0.15) is 0 Å². The smallest absolute Gasteiger partial charge is 0.257 e. The van der Waals surface area contributed by atoms with Crippen molar-refractivity contribution in [1.29, 1.82) is 0 Å². The molecule has 0 saturated carbocycles. The largest absolute Gasteiger partial charge is 0.379 e. The predicted octanol–water partition coefficient (Wildman–Crippen LogP) is 2.98. The van der Waals surface area contributed by atoms with Crippen molar-refractivity contribution in [3.05, 3.63) is 62.7 Å². The molecule has 2 aromatic carbocycles. The highest BCUT2D eigenvalue weighted by molar-refractivity contribution is 14.1. The first-order valence-corrected chi connectivity index (χ1v) is 12.3. The van der Waals surface area contributed by atoms with Crippen molar-refractivity contribution in [2.75, 3.05) is 44.3 Å². The van der Waals surface area contributed by atoms with Crippen LogP contribution in [0.15, 0.2) is 48.5 Å². The fourth-order valence-electron chi connectivity index (χ4n) is 4.13. The van der Waals surface area contributed by atoms with Crippen LogP contribution in [-0.2, 0) is 25.5 Å². The second-order valence-electron chi connectivity index (χ2n) is 8.11. The molecule has 9 heteroatoms. The minimum atomic E-state index is -0.808. The minimum absolute atomic E-state index is 0.0136. The normalized spacial score (nSPS) is 19.2. The molecule has 2 aliphatic heterocycles. The topological polar surface area (TPSA) is 70.2 Å². The van der Waals surface area contributed by atoms with Gasteiger partial charge in [0, 0.05) is 34.8 Å². The Hall–Kier alpha value is -2.01.